The number of methoxy groups -OCH3 is 1. The molecule has 0 radical (unpaired) electrons. The van der Waals surface area contributed by atoms with Crippen LogP contribution in [0, 0.1) is 12.7 Å². The SMILES string of the molecule is COc1ccccc1NC(=O)CNc1cc(C)ccc1F. The summed E-state index contributed by atoms with van der Waals surface area (Å²) in [5, 5.41) is 5.50. The largest absolute Gasteiger partial charge is 0.495 e. The molecule has 0 saturated heterocycles. The molecule has 110 valence electrons. The molecule has 0 unspecified atom stereocenters. The molecule has 2 N–H and O–H groups in total. The molecular weight excluding hydrogens is 271 g/mol. The average Bonchev–Trinajstić information content (AvgIpc) is 2.49. The van der Waals surface area contributed by atoms with Crippen LogP contribution in [0.25, 0.3) is 0 Å². The van der Waals surface area contributed by atoms with Gasteiger partial charge in [0.05, 0.1) is 25.0 Å². The van der Waals surface area contributed by atoms with Crippen molar-refractivity contribution < 1.29 is 13.9 Å². The second-order valence-electron chi connectivity index (χ2n) is 4.59. The lowest BCUT2D eigenvalue weighted by Gasteiger charge is -2.11. The quantitative estimate of drug-likeness (QED) is 0.888. The van der Waals surface area contributed by atoms with Gasteiger partial charge >= 0.3 is 0 Å². The topological polar surface area (TPSA) is 50.4 Å². The summed E-state index contributed by atoms with van der Waals surface area (Å²) in [7, 11) is 1.53. The predicted molar refractivity (Wildman–Crippen MR) is 81.3 cm³/mol. The molecule has 0 spiro atoms. The highest BCUT2D eigenvalue weighted by Gasteiger charge is 2.08. The highest BCUT2D eigenvalue weighted by atomic mass is 19.1. The van der Waals surface area contributed by atoms with Crippen LogP contribution in [0.5, 0.6) is 5.75 Å². The third-order valence-electron chi connectivity index (χ3n) is 2.94. The van der Waals surface area contributed by atoms with E-state index in [1.54, 1.807) is 30.3 Å². The molecule has 0 aliphatic rings. The first-order chi connectivity index (χ1) is 10.1. The van der Waals surface area contributed by atoms with Gasteiger partial charge in [-0.25, -0.2) is 4.39 Å². The van der Waals surface area contributed by atoms with E-state index in [4.69, 9.17) is 4.74 Å². The Balaban J connectivity index is 1.97. The third-order valence-corrected chi connectivity index (χ3v) is 2.94. The van der Waals surface area contributed by atoms with Gasteiger partial charge in [-0.1, -0.05) is 18.2 Å². The first-order valence-corrected chi connectivity index (χ1v) is 6.53. The molecule has 0 saturated carbocycles. The molecule has 0 aromatic heterocycles. The molecule has 4 nitrogen and oxygen atoms in total. The number of aryl methyl sites for hydroxylation is 1. The number of amides is 1. The van der Waals surface area contributed by atoms with Gasteiger partial charge in [-0.2, -0.15) is 0 Å². The lowest BCUT2D eigenvalue weighted by molar-refractivity contribution is -0.114. The summed E-state index contributed by atoms with van der Waals surface area (Å²) in [5.74, 6) is -0.0846. The van der Waals surface area contributed by atoms with Crippen LogP contribution in [0.1, 0.15) is 5.56 Å². The van der Waals surface area contributed by atoms with Gasteiger partial charge in [-0.05, 0) is 36.8 Å². The van der Waals surface area contributed by atoms with Crippen LogP contribution >= 0.6 is 0 Å². The first kappa shape index (κ1) is 14.8. The molecule has 2 rings (SSSR count). The second kappa shape index (κ2) is 6.74. The molecule has 0 bridgehead atoms. The number of anilines is 2. The van der Waals surface area contributed by atoms with Crippen LogP contribution in [-0.2, 0) is 4.79 Å². The van der Waals surface area contributed by atoms with Crippen molar-refractivity contribution in [1.82, 2.24) is 0 Å². The normalized spacial score (nSPS) is 10.0. The lowest BCUT2D eigenvalue weighted by atomic mass is 10.2. The maximum Gasteiger partial charge on any atom is 0.243 e. The van der Waals surface area contributed by atoms with Gasteiger partial charge in [0.2, 0.25) is 5.91 Å². The van der Waals surface area contributed by atoms with Gasteiger partial charge in [-0.3, -0.25) is 4.79 Å². The van der Waals surface area contributed by atoms with Crippen LogP contribution < -0.4 is 15.4 Å². The molecule has 0 aliphatic carbocycles. The number of nitrogens with one attached hydrogen (secondary N) is 2. The fourth-order valence-corrected chi connectivity index (χ4v) is 1.89. The molecule has 0 atom stereocenters. The highest BCUT2D eigenvalue weighted by molar-refractivity contribution is 5.95. The van der Waals surface area contributed by atoms with E-state index in [0.29, 0.717) is 17.1 Å². The molecule has 0 heterocycles. The Bertz CT molecular complexity index is 644. The summed E-state index contributed by atoms with van der Waals surface area (Å²) in [4.78, 5) is 11.9. The van der Waals surface area contributed by atoms with Crippen molar-refractivity contribution >= 4 is 17.3 Å². The predicted octanol–water partition coefficient (Wildman–Crippen LogP) is 3.19. The molecule has 5 heteroatoms. The number of hydrogen-bond donors (Lipinski definition) is 2. The van der Waals surface area contributed by atoms with E-state index in [1.807, 2.05) is 13.0 Å². The van der Waals surface area contributed by atoms with Crippen molar-refractivity contribution in [3.63, 3.8) is 0 Å². The smallest absolute Gasteiger partial charge is 0.243 e. The summed E-state index contributed by atoms with van der Waals surface area (Å²) >= 11 is 0. The van der Waals surface area contributed by atoms with Crippen molar-refractivity contribution in [2.45, 2.75) is 6.92 Å². The fourth-order valence-electron chi connectivity index (χ4n) is 1.89. The Labute approximate surface area is 122 Å². The number of ether oxygens (including phenoxy) is 1. The van der Waals surface area contributed by atoms with E-state index < -0.39 is 0 Å². The van der Waals surface area contributed by atoms with Crippen LogP contribution in [0.15, 0.2) is 42.5 Å². The van der Waals surface area contributed by atoms with Gasteiger partial charge in [0.25, 0.3) is 0 Å². The number of rotatable bonds is 5. The Hall–Kier alpha value is -2.56. The van der Waals surface area contributed by atoms with Crippen molar-refractivity contribution in [1.29, 1.82) is 0 Å². The monoisotopic (exact) mass is 288 g/mol. The Morgan fingerprint density at radius 3 is 2.71 bits per heavy atom. The zero-order chi connectivity index (χ0) is 15.2. The Morgan fingerprint density at radius 2 is 1.95 bits per heavy atom. The third kappa shape index (κ3) is 3.95. The number of hydrogen-bond acceptors (Lipinski definition) is 3. The van der Waals surface area contributed by atoms with Gasteiger partial charge < -0.3 is 15.4 Å². The number of para-hydroxylation sites is 2. The van der Waals surface area contributed by atoms with Crippen molar-refractivity contribution in [2.75, 3.05) is 24.3 Å². The van der Waals surface area contributed by atoms with Crippen molar-refractivity contribution in [3.8, 4) is 5.75 Å². The molecule has 2 aromatic rings. The van der Waals surface area contributed by atoms with Crippen molar-refractivity contribution in [2.24, 2.45) is 0 Å². The van der Waals surface area contributed by atoms with E-state index in [0.717, 1.165) is 5.56 Å². The number of halogens is 1. The Morgan fingerprint density at radius 1 is 1.19 bits per heavy atom. The molecule has 0 aliphatic heterocycles. The fraction of sp³-hybridized carbons (Fsp3) is 0.188. The maximum atomic E-state index is 13.6. The maximum absolute atomic E-state index is 13.6. The summed E-state index contributed by atoms with van der Waals surface area (Å²) in [6.45, 7) is 1.83. The average molecular weight is 288 g/mol. The first-order valence-electron chi connectivity index (χ1n) is 6.53. The zero-order valence-corrected chi connectivity index (χ0v) is 11.9. The summed E-state index contributed by atoms with van der Waals surface area (Å²) < 4.78 is 18.7. The van der Waals surface area contributed by atoms with E-state index in [1.165, 1.54) is 13.2 Å². The minimum absolute atomic E-state index is 0.0293. The van der Waals surface area contributed by atoms with E-state index in [9.17, 15) is 9.18 Å². The lowest BCUT2D eigenvalue weighted by Crippen LogP contribution is -2.22. The molecule has 2 aromatic carbocycles. The van der Waals surface area contributed by atoms with E-state index in [2.05, 4.69) is 10.6 Å². The summed E-state index contributed by atoms with van der Waals surface area (Å²) in [6, 6.07) is 11.8. The van der Waals surface area contributed by atoms with Crippen LogP contribution in [0.3, 0.4) is 0 Å². The molecule has 1 amide bonds. The summed E-state index contributed by atoms with van der Waals surface area (Å²) in [5.41, 5.74) is 1.81. The molecular formula is C16H17FN2O2. The molecule has 21 heavy (non-hydrogen) atoms. The second-order valence-corrected chi connectivity index (χ2v) is 4.59. The molecule has 0 fully saturated rings. The van der Waals surface area contributed by atoms with E-state index in [-0.39, 0.29) is 18.3 Å². The van der Waals surface area contributed by atoms with E-state index >= 15 is 0 Å². The standard InChI is InChI=1S/C16H17FN2O2/c1-11-7-8-12(17)14(9-11)18-10-16(20)19-13-5-3-4-6-15(13)21-2/h3-9,18H,10H2,1-2H3,(H,19,20). The number of carbonyl (C=O) groups is 1. The van der Waals surface area contributed by atoms with Crippen LogP contribution in [0.4, 0.5) is 15.8 Å². The summed E-state index contributed by atoms with van der Waals surface area (Å²) in [6.07, 6.45) is 0. The minimum Gasteiger partial charge on any atom is -0.495 e. The van der Waals surface area contributed by atoms with Crippen LogP contribution in [0.2, 0.25) is 0 Å². The van der Waals surface area contributed by atoms with Crippen LogP contribution in [-0.4, -0.2) is 19.6 Å². The van der Waals surface area contributed by atoms with Gasteiger partial charge in [0, 0.05) is 0 Å². The number of benzene rings is 2. The zero-order valence-electron chi connectivity index (χ0n) is 11.9. The highest BCUT2D eigenvalue weighted by Crippen LogP contribution is 2.23. The van der Waals surface area contributed by atoms with Gasteiger partial charge in [0.15, 0.2) is 0 Å². The van der Waals surface area contributed by atoms with Gasteiger partial charge in [0.1, 0.15) is 11.6 Å². The minimum atomic E-state index is -0.384. The van der Waals surface area contributed by atoms with Gasteiger partial charge in [-0.15, -0.1) is 0 Å². The Kier molecular flexibility index (Phi) is 4.77. The number of carbonyl (C=O) groups excluding carboxylic acids is 1. The van der Waals surface area contributed by atoms with Crippen molar-refractivity contribution in [3.05, 3.63) is 53.8 Å².